The smallest absolute Gasteiger partial charge is 0.0349 e. The van der Waals surface area contributed by atoms with Gasteiger partial charge in [-0.1, -0.05) is 38.8 Å². The van der Waals surface area contributed by atoms with Crippen LogP contribution >= 0.6 is 31.9 Å². The molecule has 1 N–H and O–H groups in total. The van der Waals surface area contributed by atoms with Crippen LogP contribution in [0, 0.1) is 5.92 Å². The lowest BCUT2D eigenvalue weighted by atomic mass is 10.0. The molecule has 0 heterocycles. The van der Waals surface area contributed by atoms with Gasteiger partial charge >= 0.3 is 0 Å². The fourth-order valence-corrected chi connectivity index (χ4v) is 3.37. The van der Waals surface area contributed by atoms with Crippen molar-refractivity contribution < 1.29 is 0 Å². The maximum absolute atomic E-state index is 3.66. The summed E-state index contributed by atoms with van der Waals surface area (Å²) >= 11 is 7.12. The standard InChI is InChI=1S/C13H17Br2N/c1-2-5-16-13(9-3-4-9)10-6-11(14)8-12(15)7-10/h6-9,13,16H,2-5H2,1H3. The Morgan fingerprint density at radius 3 is 2.38 bits per heavy atom. The van der Waals surface area contributed by atoms with Gasteiger partial charge < -0.3 is 5.32 Å². The molecule has 88 valence electrons. The van der Waals surface area contributed by atoms with Crippen molar-refractivity contribution in [2.75, 3.05) is 6.54 Å². The minimum Gasteiger partial charge on any atom is -0.310 e. The zero-order valence-corrected chi connectivity index (χ0v) is 12.6. The van der Waals surface area contributed by atoms with Crippen LogP contribution in [-0.2, 0) is 0 Å². The Morgan fingerprint density at radius 1 is 1.25 bits per heavy atom. The number of benzene rings is 1. The number of rotatable bonds is 5. The van der Waals surface area contributed by atoms with Gasteiger partial charge in [0, 0.05) is 15.0 Å². The average molecular weight is 347 g/mol. The van der Waals surface area contributed by atoms with Crippen LogP contribution < -0.4 is 5.32 Å². The normalized spacial score (nSPS) is 17.4. The first-order chi connectivity index (χ1) is 7.70. The lowest BCUT2D eigenvalue weighted by Gasteiger charge is -2.19. The van der Waals surface area contributed by atoms with Gasteiger partial charge in [-0.15, -0.1) is 0 Å². The third kappa shape index (κ3) is 3.31. The van der Waals surface area contributed by atoms with E-state index in [4.69, 9.17) is 0 Å². The van der Waals surface area contributed by atoms with Crippen molar-refractivity contribution in [2.24, 2.45) is 5.92 Å². The molecule has 0 aromatic heterocycles. The maximum Gasteiger partial charge on any atom is 0.0349 e. The summed E-state index contributed by atoms with van der Waals surface area (Å²) in [5.41, 5.74) is 1.40. The molecule has 16 heavy (non-hydrogen) atoms. The van der Waals surface area contributed by atoms with Crippen LogP contribution in [0.3, 0.4) is 0 Å². The van der Waals surface area contributed by atoms with E-state index in [-0.39, 0.29) is 0 Å². The molecule has 0 bridgehead atoms. The molecule has 1 aliphatic rings. The zero-order chi connectivity index (χ0) is 11.5. The molecule has 1 aliphatic carbocycles. The molecule has 3 heteroatoms. The Balaban J connectivity index is 2.16. The molecule has 0 amide bonds. The number of halogens is 2. The average Bonchev–Trinajstić information content (AvgIpc) is 3.01. The molecule has 0 saturated heterocycles. The molecule has 1 unspecified atom stereocenters. The van der Waals surface area contributed by atoms with Gasteiger partial charge in [0.15, 0.2) is 0 Å². The van der Waals surface area contributed by atoms with Crippen LogP contribution in [0.2, 0.25) is 0 Å². The maximum atomic E-state index is 3.66. The Morgan fingerprint density at radius 2 is 1.88 bits per heavy atom. The third-order valence-corrected chi connectivity index (χ3v) is 3.87. The number of hydrogen-bond donors (Lipinski definition) is 1. The van der Waals surface area contributed by atoms with Crippen LogP contribution in [0.15, 0.2) is 27.1 Å². The summed E-state index contributed by atoms with van der Waals surface area (Å²) in [6, 6.07) is 7.09. The van der Waals surface area contributed by atoms with Crippen molar-refractivity contribution in [1.29, 1.82) is 0 Å². The fourth-order valence-electron chi connectivity index (χ4n) is 2.04. The summed E-state index contributed by atoms with van der Waals surface area (Å²) in [7, 11) is 0. The molecule has 2 rings (SSSR count). The Kier molecular flexibility index (Phi) is 4.45. The van der Waals surface area contributed by atoms with E-state index in [2.05, 4.69) is 62.3 Å². The highest BCUT2D eigenvalue weighted by atomic mass is 79.9. The third-order valence-electron chi connectivity index (χ3n) is 2.95. The second kappa shape index (κ2) is 5.65. The fraction of sp³-hybridized carbons (Fsp3) is 0.538. The predicted molar refractivity (Wildman–Crippen MR) is 75.6 cm³/mol. The van der Waals surface area contributed by atoms with Crippen LogP contribution in [0.4, 0.5) is 0 Å². The molecule has 0 spiro atoms. The van der Waals surface area contributed by atoms with Gasteiger partial charge in [-0.3, -0.25) is 0 Å². The van der Waals surface area contributed by atoms with Gasteiger partial charge in [-0.2, -0.15) is 0 Å². The molecule has 1 aromatic rings. The van der Waals surface area contributed by atoms with Crippen LogP contribution in [0.1, 0.15) is 37.8 Å². The SMILES string of the molecule is CCCNC(c1cc(Br)cc(Br)c1)C1CC1. The second-order valence-electron chi connectivity index (χ2n) is 4.47. The first-order valence-corrected chi connectivity index (χ1v) is 7.48. The van der Waals surface area contributed by atoms with Crippen molar-refractivity contribution in [3.05, 3.63) is 32.7 Å². The molecule has 1 fully saturated rings. The van der Waals surface area contributed by atoms with Crippen molar-refractivity contribution in [2.45, 2.75) is 32.2 Å². The van der Waals surface area contributed by atoms with E-state index < -0.39 is 0 Å². The summed E-state index contributed by atoms with van der Waals surface area (Å²) in [6.07, 6.45) is 3.93. The van der Waals surface area contributed by atoms with E-state index in [0.717, 1.165) is 21.4 Å². The van der Waals surface area contributed by atoms with Gasteiger partial charge in [0.1, 0.15) is 0 Å². The topological polar surface area (TPSA) is 12.0 Å². The first kappa shape index (κ1) is 12.6. The van der Waals surface area contributed by atoms with E-state index in [0.29, 0.717) is 6.04 Å². The predicted octanol–water partition coefficient (Wildman–Crippen LogP) is 4.66. The summed E-state index contributed by atoms with van der Waals surface area (Å²) in [4.78, 5) is 0. The number of nitrogens with one attached hydrogen (secondary N) is 1. The Hall–Kier alpha value is 0.140. The summed E-state index contributed by atoms with van der Waals surface area (Å²) < 4.78 is 2.31. The lowest BCUT2D eigenvalue weighted by molar-refractivity contribution is 0.481. The second-order valence-corrected chi connectivity index (χ2v) is 6.30. The Labute approximate surface area is 114 Å². The monoisotopic (exact) mass is 345 g/mol. The van der Waals surface area contributed by atoms with Crippen molar-refractivity contribution >= 4 is 31.9 Å². The van der Waals surface area contributed by atoms with Gasteiger partial charge in [-0.05, 0) is 55.5 Å². The van der Waals surface area contributed by atoms with Crippen molar-refractivity contribution in [3.63, 3.8) is 0 Å². The molecular weight excluding hydrogens is 330 g/mol. The van der Waals surface area contributed by atoms with Gasteiger partial charge in [0.05, 0.1) is 0 Å². The molecule has 1 atom stereocenters. The summed E-state index contributed by atoms with van der Waals surface area (Å²) in [6.45, 7) is 3.32. The lowest BCUT2D eigenvalue weighted by Crippen LogP contribution is -2.23. The molecule has 0 aliphatic heterocycles. The molecular formula is C13H17Br2N. The first-order valence-electron chi connectivity index (χ1n) is 5.90. The highest BCUT2D eigenvalue weighted by molar-refractivity contribution is 9.11. The highest BCUT2D eigenvalue weighted by Gasteiger charge is 2.31. The molecule has 1 nitrogen and oxygen atoms in total. The van der Waals surface area contributed by atoms with E-state index in [9.17, 15) is 0 Å². The quantitative estimate of drug-likeness (QED) is 0.817. The van der Waals surface area contributed by atoms with Crippen LogP contribution in [0.5, 0.6) is 0 Å². The number of hydrogen-bond acceptors (Lipinski definition) is 1. The van der Waals surface area contributed by atoms with Gasteiger partial charge in [0.2, 0.25) is 0 Å². The van der Waals surface area contributed by atoms with E-state index >= 15 is 0 Å². The van der Waals surface area contributed by atoms with Crippen molar-refractivity contribution in [3.8, 4) is 0 Å². The summed E-state index contributed by atoms with van der Waals surface area (Å²) in [5, 5.41) is 3.66. The van der Waals surface area contributed by atoms with Crippen LogP contribution in [0.25, 0.3) is 0 Å². The van der Waals surface area contributed by atoms with Crippen LogP contribution in [-0.4, -0.2) is 6.54 Å². The molecule has 1 aromatic carbocycles. The highest BCUT2D eigenvalue weighted by Crippen LogP contribution is 2.42. The minimum atomic E-state index is 0.536. The minimum absolute atomic E-state index is 0.536. The van der Waals surface area contributed by atoms with E-state index in [1.807, 2.05) is 0 Å². The van der Waals surface area contributed by atoms with E-state index in [1.165, 1.54) is 24.8 Å². The van der Waals surface area contributed by atoms with Gasteiger partial charge in [0.25, 0.3) is 0 Å². The molecule has 0 radical (unpaired) electrons. The summed E-state index contributed by atoms with van der Waals surface area (Å²) in [5.74, 6) is 0.841. The Bertz CT molecular complexity index is 341. The zero-order valence-electron chi connectivity index (χ0n) is 9.47. The van der Waals surface area contributed by atoms with Crippen molar-refractivity contribution in [1.82, 2.24) is 5.32 Å². The van der Waals surface area contributed by atoms with E-state index in [1.54, 1.807) is 0 Å². The largest absolute Gasteiger partial charge is 0.310 e. The van der Waals surface area contributed by atoms with Gasteiger partial charge in [-0.25, -0.2) is 0 Å². The molecule has 1 saturated carbocycles.